The summed E-state index contributed by atoms with van der Waals surface area (Å²) in [4.78, 5) is 17.4. The van der Waals surface area contributed by atoms with Crippen molar-refractivity contribution in [1.29, 1.82) is 0 Å². The van der Waals surface area contributed by atoms with Gasteiger partial charge in [0.15, 0.2) is 5.13 Å². The van der Waals surface area contributed by atoms with E-state index in [1.807, 2.05) is 5.38 Å². The van der Waals surface area contributed by atoms with Crippen LogP contribution in [0.2, 0.25) is 0 Å². The largest absolute Gasteiger partial charge is 0.466 e. The van der Waals surface area contributed by atoms with Crippen molar-refractivity contribution >= 4 is 32.3 Å². The lowest BCUT2D eigenvalue weighted by molar-refractivity contribution is -0.143. The van der Waals surface area contributed by atoms with Crippen molar-refractivity contribution in [1.82, 2.24) is 4.98 Å². The van der Waals surface area contributed by atoms with E-state index in [1.165, 1.54) is 17.6 Å². The molecular formula is C12H20N2O4S2. The van der Waals surface area contributed by atoms with Crippen LogP contribution in [0.15, 0.2) is 5.38 Å². The molecule has 1 aromatic heterocycles. The van der Waals surface area contributed by atoms with Crippen LogP contribution in [-0.4, -0.2) is 51.6 Å². The van der Waals surface area contributed by atoms with Crippen LogP contribution in [0.3, 0.4) is 0 Å². The Morgan fingerprint density at radius 3 is 2.80 bits per heavy atom. The number of carbonyl (C=O) groups excluding carboxylic acids is 1. The van der Waals surface area contributed by atoms with Crippen molar-refractivity contribution in [2.45, 2.75) is 19.8 Å². The minimum absolute atomic E-state index is 0.0985. The van der Waals surface area contributed by atoms with Gasteiger partial charge >= 0.3 is 5.97 Å². The van der Waals surface area contributed by atoms with E-state index in [-0.39, 0.29) is 11.7 Å². The lowest BCUT2D eigenvalue weighted by Crippen LogP contribution is -2.24. The molecule has 0 atom stereocenters. The van der Waals surface area contributed by atoms with Crippen molar-refractivity contribution < 1.29 is 17.9 Å². The van der Waals surface area contributed by atoms with Gasteiger partial charge in [-0.3, -0.25) is 4.79 Å². The van der Waals surface area contributed by atoms with Crippen LogP contribution in [-0.2, 0) is 25.8 Å². The molecule has 20 heavy (non-hydrogen) atoms. The number of esters is 1. The molecule has 0 N–H and O–H groups in total. The third kappa shape index (κ3) is 6.33. The Balaban J connectivity index is 2.48. The van der Waals surface area contributed by atoms with E-state index in [4.69, 9.17) is 4.74 Å². The van der Waals surface area contributed by atoms with E-state index in [9.17, 15) is 13.2 Å². The summed E-state index contributed by atoms with van der Waals surface area (Å²) in [5, 5.41) is 2.64. The molecule has 0 fully saturated rings. The summed E-state index contributed by atoms with van der Waals surface area (Å²) in [6.07, 6.45) is 2.06. The van der Waals surface area contributed by atoms with E-state index >= 15 is 0 Å². The van der Waals surface area contributed by atoms with Crippen LogP contribution in [0.1, 0.15) is 19.0 Å². The van der Waals surface area contributed by atoms with Gasteiger partial charge in [0.05, 0.1) is 24.5 Å². The number of rotatable bonds is 8. The van der Waals surface area contributed by atoms with Crippen molar-refractivity contribution in [2.75, 3.05) is 37.1 Å². The smallest absolute Gasteiger partial charge is 0.306 e. The number of anilines is 1. The van der Waals surface area contributed by atoms with Gasteiger partial charge in [0.2, 0.25) is 0 Å². The summed E-state index contributed by atoms with van der Waals surface area (Å²) in [6, 6.07) is 0. The van der Waals surface area contributed by atoms with E-state index in [0.29, 0.717) is 26.0 Å². The zero-order chi connectivity index (χ0) is 15.2. The number of aryl methyl sites for hydroxylation is 1. The average molecular weight is 320 g/mol. The molecule has 0 amide bonds. The molecule has 1 aromatic rings. The first kappa shape index (κ1) is 16.9. The highest BCUT2D eigenvalue weighted by atomic mass is 32.2. The predicted molar refractivity (Wildman–Crippen MR) is 80.0 cm³/mol. The van der Waals surface area contributed by atoms with E-state index in [1.54, 1.807) is 18.9 Å². The highest BCUT2D eigenvalue weighted by molar-refractivity contribution is 7.90. The Morgan fingerprint density at radius 2 is 2.20 bits per heavy atom. The molecule has 114 valence electrons. The van der Waals surface area contributed by atoms with Crippen molar-refractivity contribution in [3.05, 3.63) is 11.1 Å². The summed E-state index contributed by atoms with van der Waals surface area (Å²) in [5.41, 5.74) is 0.823. The summed E-state index contributed by atoms with van der Waals surface area (Å²) >= 11 is 1.44. The maximum absolute atomic E-state index is 11.2. The number of thiazole rings is 1. The number of sulfone groups is 1. The van der Waals surface area contributed by atoms with Gasteiger partial charge in [0.1, 0.15) is 9.84 Å². The Kier molecular flexibility index (Phi) is 6.41. The number of hydrogen-bond donors (Lipinski definition) is 0. The number of carbonyl (C=O) groups is 1. The van der Waals surface area contributed by atoms with Crippen LogP contribution in [0.4, 0.5) is 5.13 Å². The fourth-order valence-electron chi connectivity index (χ4n) is 1.45. The van der Waals surface area contributed by atoms with Crippen molar-refractivity contribution in [2.24, 2.45) is 0 Å². The van der Waals surface area contributed by atoms with Crippen LogP contribution in [0.25, 0.3) is 0 Å². The minimum atomic E-state index is -2.97. The molecule has 0 aliphatic rings. The van der Waals surface area contributed by atoms with Crippen LogP contribution in [0, 0.1) is 0 Å². The molecule has 0 unspecified atom stereocenters. The normalized spacial score (nSPS) is 11.3. The van der Waals surface area contributed by atoms with Gasteiger partial charge in [-0.2, -0.15) is 0 Å². The van der Waals surface area contributed by atoms with Gasteiger partial charge in [0.25, 0.3) is 0 Å². The van der Waals surface area contributed by atoms with Gasteiger partial charge in [-0.15, -0.1) is 11.3 Å². The lowest BCUT2D eigenvalue weighted by Gasteiger charge is -2.14. The molecule has 0 aliphatic heterocycles. The lowest BCUT2D eigenvalue weighted by atomic mass is 10.2. The molecule has 0 aliphatic carbocycles. The number of hydrogen-bond acceptors (Lipinski definition) is 7. The summed E-state index contributed by atoms with van der Waals surface area (Å²) in [6.45, 7) is 2.56. The quantitative estimate of drug-likeness (QED) is 0.668. The zero-order valence-electron chi connectivity index (χ0n) is 12.0. The monoisotopic (exact) mass is 320 g/mol. The molecule has 0 aromatic carbocycles. The topological polar surface area (TPSA) is 76.6 Å². The third-order valence-corrected chi connectivity index (χ3v) is 4.48. The highest BCUT2D eigenvalue weighted by Gasteiger charge is 2.11. The Bertz CT molecular complexity index is 539. The molecule has 1 heterocycles. The molecule has 0 radical (unpaired) electrons. The first-order valence-corrected chi connectivity index (χ1v) is 9.24. The van der Waals surface area contributed by atoms with Crippen LogP contribution >= 0.6 is 11.3 Å². The second kappa shape index (κ2) is 7.58. The Labute approximate surface area is 123 Å². The minimum Gasteiger partial charge on any atom is -0.466 e. The molecule has 0 bridgehead atoms. The van der Waals surface area contributed by atoms with E-state index in [0.717, 1.165) is 10.8 Å². The maximum Gasteiger partial charge on any atom is 0.306 e. The molecule has 6 nitrogen and oxygen atoms in total. The third-order valence-electron chi connectivity index (χ3n) is 2.55. The summed E-state index contributed by atoms with van der Waals surface area (Å²) in [7, 11) is -1.17. The van der Waals surface area contributed by atoms with Gasteiger partial charge in [0, 0.05) is 31.6 Å². The van der Waals surface area contributed by atoms with E-state index in [2.05, 4.69) is 4.98 Å². The second-order valence-electron chi connectivity index (χ2n) is 4.48. The molecule has 0 spiro atoms. The average Bonchev–Trinajstić information content (AvgIpc) is 2.82. The van der Waals surface area contributed by atoms with Gasteiger partial charge in [-0.25, -0.2) is 13.4 Å². The van der Waals surface area contributed by atoms with Gasteiger partial charge < -0.3 is 9.64 Å². The molecule has 1 rings (SSSR count). The number of aromatic nitrogens is 1. The number of ether oxygens (including phenoxy) is 1. The predicted octanol–water partition coefficient (Wildman–Crippen LogP) is 1.12. The Morgan fingerprint density at radius 1 is 1.50 bits per heavy atom. The second-order valence-corrected chi connectivity index (χ2v) is 7.57. The van der Waals surface area contributed by atoms with Crippen molar-refractivity contribution in [3.63, 3.8) is 0 Å². The fraction of sp³-hybridized carbons (Fsp3) is 0.667. The first-order valence-electron chi connectivity index (χ1n) is 6.30. The summed E-state index contributed by atoms with van der Waals surface area (Å²) in [5.74, 6) is -0.131. The first-order chi connectivity index (χ1) is 9.31. The van der Waals surface area contributed by atoms with Crippen LogP contribution in [0.5, 0.6) is 0 Å². The van der Waals surface area contributed by atoms with Crippen LogP contribution < -0.4 is 4.90 Å². The standard InChI is InChI=1S/C12H20N2O4S2/c1-4-18-11(15)6-5-10-9-19-12(13-10)14(2)7-8-20(3,16)17/h9H,4-8H2,1-3H3. The zero-order valence-corrected chi connectivity index (χ0v) is 13.6. The molecule has 0 saturated carbocycles. The fourth-order valence-corrected chi connectivity index (χ4v) is 2.91. The molecule has 0 saturated heterocycles. The van der Waals surface area contributed by atoms with Gasteiger partial charge in [-0.05, 0) is 6.92 Å². The van der Waals surface area contributed by atoms with Crippen molar-refractivity contribution in [3.8, 4) is 0 Å². The number of nitrogens with zero attached hydrogens (tertiary/aromatic N) is 2. The SMILES string of the molecule is CCOC(=O)CCc1csc(N(C)CCS(C)(=O)=O)n1. The summed E-state index contributed by atoms with van der Waals surface area (Å²) < 4.78 is 27.1. The maximum atomic E-state index is 11.2. The van der Waals surface area contributed by atoms with Gasteiger partial charge in [-0.1, -0.05) is 0 Å². The molecular weight excluding hydrogens is 300 g/mol. The Hall–Kier alpha value is -1.15. The highest BCUT2D eigenvalue weighted by Crippen LogP contribution is 2.20. The van der Waals surface area contributed by atoms with E-state index < -0.39 is 9.84 Å². The molecule has 8 heteroatoms.